The van der Waals surface area contributed by atoms with Crippen LogP contribution in [-0.4, -0.2) is 12.5 Å². The summed E-state index contributed by atoms with van der Waals surface area (Å²) in [6.45, 7) is 2.28. The van der Waals surface area contributed by atoms with Gasteiger partial charge in [0, 0.05) is 12.2 Å². The van der Waals surface area contributed by atoms with Gasteiger partial charge in [-0.1, -0.05) is 23.8 Å². The van der Waals surface area contributed by atoms with Crippen molar-refractivity contribution in [3.63, 3.8) is 0 Å². The molecule has 0 unspecified atom stereocenters. The van der Waals surface area contributed by atoms with Crippen LogP contribution in [-0.2, 0) is 6.42 Å². The van der Waals surface area contributed by atoms with Gasteiger partial charge < -0.3 is 11.1 Å². The molecule has 0 bridgehead atoms. The summed E-state index contributed by atoms with van der Waals surface area (Å²) in [4.78, 5) is 11.9. The highest BCUT2D eigenvalue weighted by molar-refractivity contribution is 5.94. The fourth-order valence-corrected chi connectivity index (χ4v) is 1.91. The lowest BCUT2D eigenvalue weighted by Gasteiger charge is -2.07. The van der Waals surface area contributed by atoms with E-state index >= 15 is 0 Å². The quantitative estimate of drug-likeness (QED) is 0.841. The van der Waals surface area contributed by atoms with Crippen molar-refractivity contribution in [3.8, 4) is 0 Å². The van der Waals surface area contributed by atoms with Crippen molar-refractivity contribution in [2.45, 2.75) is 13.3 Å². The number of carbonyl (C=O) groups excluding carboxylic acids is 1. The Balaban J connectivity index is 1.92. The van der Waals surface area contributed by atoms with E-state index in [-0.39, 0.29) is 11.5 Å². The standard InChI is InChI=1S/C16H17FN2O/c1-11-2-7-15(17)14(10-11)16(20)19-9-8-12-3-5-13(18)6-4-12/h2-7,10H,8-9,18H2,1H3,(H,19,20). The molecule has 3 nitrogen and oxygen atoms in total. The summed E-state index contributed by atoms with van der Waals surface area (Å²) in [6, 6.07) is 12.0. The average Bonchev–Trinajstić information content (AvgIpc) is 2.43. The fourth-order valence-electron chi connectivity index (χ4n) is 1.91. The predicted octanol–water partition coefficient (Wildman–Crippen LogP) is 2.69. The fraction of sp³-hybridized carbons (Fsp3) is 0.188. The van der Waals surface area contributed by atoms with E-state index in [0.717, 1.165) is 11.1 Å². The molecule has 2 rings (SSSR count). The van der Waals surface area contributed by atoms with Gasteiger partial charge in [-0.2, -0.15) is 0 Å². The lowest BCUT2D eigenvalue weighted by atomic mass is 10.1. The van der Waals surface area contributed by atoms with E-state index in [1.54, 1.807) is 12.1 Å². The topological polar surface area (TPSA) is 55.1 Å². The second-order valence-corrected chi connectivity index (χ2v) is 4.73. The number of nitrogens with two attached hydrogens (primary N) is 1. The van der Waals surface area contributed by atoms with Crippen LogP contribution < -0.4 is 11.1 Å². The lowest BCUT2D eigenvalue weighted by molar-refractivity contribution is 0.0950. The molecule has 4 heteroatoms. The van der Waals surface area contributed by atoms with Gasteiger partial charge in [0.2, 0.25) is 0 Å². The highest BCUT2D eigenvalue weighted by Crippen LogP contribution is 2.10. The summed E-state index contributed by atoms with van der Waals surface area (Å²) in [7, 11) is 0. The Bertz CT molecular complexity index is 608. The molecule has 1 amide bonds. The molecule has 0 aromatic heterocycles. The summed E-state index contributed by atoms with van der Waals surface area (Å²) < 4.78 is 13.5. The molecule has 0 heterocycles. The summed E-state index contributed by atoms with van der Waals surface area (Å²) >= 11 is 0. The van der Waals surface area contributed by atoms with Crippen LogP contribution in [0.25, 0.3) is 0 Å². The Kier molecular flexibility index (Phi) is 4.35. The first-order valence-electron chi connectivity index (χ1n) is 6.45. The molecule has 0 aliphatic rings. The highest BCUT2D eigenvalue weighted by atomic mass is 19.1. The summed E-state index contributed by atoms with van der Waals surface area (Å²) in [5.74, 6) is -0.887. The first kappa shape index (κ1) is 14.1. The number of hydrogen-bond donors (Lipinski definition) is 2. The molecule has 2 aromatic carbocycles. The molecule has 0 spiro atoms. The average molecular weight is 272 g/mol. The third-order valence-corrected chi connectivity index (χ3v) is 3.05. The number of carbonyl (C=O) groups is 1. The zero-order chi connectivity index (χ0) is 14.5. The number of anilines is 1. The van der Waals surface area contributed by atoms with Crippen LogP contribution in [0.5, 0.6) is 0 Å². The number of aryl methyl sites for hydroxylation is 1. The minimum absolute atomic E-state index is 0.0855. The third kappa shape index (κ3) is 3.57. The van der Waals surface area contributed by atoms with Gasteiger partial charge >= 0.3 is 0 Å². The number of benzene rings is 2. The van der Waals surface area contributed by atoms with Gasteiger partial charge in [0.05, 0.1) is 5.56 Å². The first-order chi connectivity index (χ1) is 9.56. The minimum Gasteiger partial charge on any atom is -0.399 e. The maximum Gasteiger partial charge on any atom is 0.254 e. The molecule has 104 valence electrons. The molecule has 0 saturated carbocycles. The molecule has 0 radical (unpaired) electrons. The van der Waals surface area contributed by atoms with Gasteiger partial charge in [-0.25, -0.2) is 4.39 Å². The van der Waals surface area contributed by atoms with Gasteiger partial charge in [0.15, 0.2) is 0 Å². The SMILES string of the molecule is Cc1ccc(F)c(C(=O)NCCc2ccc(N)cc2)c1. The van der Waals surface area contributed by atoms with Gasteiger partial charge in [-0.05, 0) is 43.2 Å². The maximum atomic E-state index is 13.5. The van der Waals surface area contributed by atoms with Crippen molar-refractivity contribution in [3.05, 3.63) is 65.0 Å². The van der Waals surface area contributed by atoms with E-state index in [1.165, 1.54) is 6.07 Å². The van der Waals surface area contributed by atoms with Crippen LogP contribution >= 0.6 is 0 Å². The largest absolute Gasteiger partial charge is 0.399 e. The Labute approximate surface area is 117 Å². The molecular weight excluding hydrogens is 255 g/mol. The third-order valence-electron chi connectivity index (χ3n) is 3.05. The molecule has 0 aliphatic heterocycles. The van der Waals surface area contributed by atoms with Crippen LogP contribution in [0.15, 0.2) is 42.5 Å². The Morgan fingerprint density at radius 1 is 1.20 bits per heavy atom. The molecule has 2 aromatic rings. The maximum absolute atomic E-state index is 13.5. The molecule has 3 N–H and O–H groups in total. The monoisotopic (exact) mass is 272 g/mol. The molecule has 0 saturated heterocycles. The number of nitrogen functional groups attached to an aromatic ring is 1. The molecule has 0 fully saturated rings. The van der Waals surface area contributed by atoms with Crippen molar-refractivity contribution in [1.29, 1.82) is 0 Å². The number of hydrogen-bond acceptors (Lipinski definition) is 2. The van der Waals surface area contributed by atoms with Crippen LogP contribution in [0, 0.1) is 12.7 Å². The Morgan fingerprint density at radius 3 is 2.60 bits per heavy atom. The summed E-state index contributed by atoms with van der Waals surface area (Å²) in [5, 5.41) is 2.72. The summed E-state index contributed by atoms with van der Waals surface area (Å²) in [6.07, 6.45) is 0.680. The summed E-state index contributed by atoms with van der Waals surface area (Å²) in [5.41, 5.74) is 8.32. The smallest absolute Gasteiger partial charge is 0.254 e. The van der Waals surface area contributed by atoms with Gasteiger partial charge in [0.1, 0.15) is 5.82 Å². The Hall–Kier alpha value is -2.36. The number of halogens is 1. The molecular formula is C16H17FN2O. The van der Waals surface area contributed by atoms with E-state index in [9.17, 15) is 9.18 Å². The van der Waals surface area contributed by atoms with Crippen molar-refractivity contribution in [1.82, 2.24) is 5.32 Å². The first-order valence-corrected chi connectivity index (χ1v) is 6.45. The number of rotatable bonds is 4. The van der Waals surface area contributed by atoms with Crippen molar-refractivity contribution < 1.29 is 9.18 Å². The van der Waals surface area contributed by atoms with E-state index in [0.29, 0.717) is 18.7 Å². The molecule has 20 heavy (non-hydrogen) atoms. The van der Waals surface area contributed by atoms with E-state index < -0.39 is 5.82 Å². The van der Waals surface area contributed by atoms with Gasteiger partial charge in [-0.15, -0.1) is 0 Å². The highest BCUT2D eigenvalue weighted by Gasteiger charge is 2.10. The van der Waals surface area contributed by atoms with Gasteiger partial charge in [0.25, 0.3) is 5.91 Å². The van der Waals surface area contributed by atoms with E-state index in [2.05, 4.69) is 5.32 Å². The second-order valence-electron chi connectivity index (χ2n) is 4.73. The Morgan fingerprint density at radius 2 is 1.90 bits per heavy atom. The van der Waals surface area contributed by atoms with E-state index in [4.69, 9.17) is 5.73 Å². The number of amides is 1. The second kappa shape index (κ2) is 6.19. The normalized spacial score (nSPS) is 10.3. The minimum atomic E-state index is -0.499. The molecule has 0 atom stereocenters. The van der Waals surface area contributed by atoms with Crippen molar-refractivity contribution in [2.24, 2.45) is 0 Å². The lowest BCUT2D eigenvalue weighted by Crippen LogP contribution is -2.26. The van der Waals surface area contributed by atoms with Crippen molar-refractivity contribution in [2.75, 3.05) is 12.3 Å². The van der Waals surface area contributed by atoms with Crippen LogP contribution in [0.3, 0.4) is 0 Å². The van der Waals surface area contributed by atoms with Crippen LogP contribution in [0.4, 0.5) is 10.1 Å². The number of nitrogens with one attached hydrogen (secondary N) is 1. The van der Waals surface area contributed by atoms with Crippen molar-refractivity contribution >= 4 is 11.6 Å². The predicted molar refractivity (Wildman–Crippen MR) is 78.0 cm³/mol. The zero-order valence-electron chi connectivity index (χ0n) is 11.3. The van der Waals surface area contributed by atoms with Crippen LogP contribution in [0.2, 0.25) is 0 Å². The molecule has 0 aliphatic carbocycles. The zero-order valence-corrected chi connectivity index (χ0v) is 11.3. The van der Waals surface area contributed by atoms with E-state index in [1.807, 2.05) is 31.2 Å². The van der Waals surface area contributed by atoms with Crippen LogP contribution in [0.1, 0.15) is 21.5 Å². The van der Waals surface area contributed by atoms with Gasteiger partial charge in [-0.3, -0.25) is 4.79 Å².